The van der Waals surface area contributed by atoms with Gasteiger partial charge in [0.1, 0.15) is 11.7 Å². The number of nitrogens with zero attached hydrogens (tertiary/aromatic N) is 2. The molecule has 2 aliphatic rings. The van der Waals surface area contributed by atoms with Crippen LogP contribution in [0.5, 0.6) is 0 Å². The van der Waals surface area contributed by atoms with E-state index in [1.165, 1.54) is 0 Å². The van der Waals surface area contributed by atoms with Crippen molar-refractivity contribution < 1.29 is 14.4 Å². The maximum atomic E-state index is 12.6. The summed E-state index contributed by atoms with van der Waals surface area (Å²) in [4.78, 5) is 37.9. The van der Waals surface area contributed by atoms with Crippen molar-refractivity contribution >= 4 is 28.6 Å². The van der Waals surface area contributed by atoms with Crippen LogP contribution in [0.15, 0.2) is 30.3 Å². The lowest BCUT2D eigenvalue weighted by Crippen LogP contribution is -2.55. The van der Waals surface area contributed by atoms with Crippen LogP contribution in [0.4, 0.5) is 0 Å². The van der Waals surface area contributed by atoms with Crippen molar-refractivity contribution in [2.45, 2.75) is 18.5 Å². The van der Waals surface area contributed by atoms with Gasteiger partial charge in [0.15, 0.2) is 0 Å². The maximum absolute atomic E-state index is 12.6. The molecule has 0 unspecified atom stereocenters. The molecule has 4 rings (SSSR count). The maximum Gasteiger partial charge on any atom is 0.268 e. The van der Waals surface area contributed by atoms with Crippen LogP contribution in [0.3, 0.4) is 0 Å². The van der Waals surface area contributed by atoms with Crippen LogP contribution < -0.4 is 10.6 Å². The van der Waals surface area contributed by atoms with Crippen LogP contribution in [0.1, 0.15) is 16.9 Å². The molecular formula is C17H18N4O3. The van der Waals surface area contributed by atoms with E-state index in [0.29, 0.717) is 18.7 Å². The number of carbonyl (C=O) groups is 3. The molecule has 0 spiro atoms. The zero-order valence-corrected chi connectivity index (χ0v) is 13.3. The van der Waals surface area contributed by atoms with Gasteiger partial charge in [0.2, 0.25) is 11.8 Å². The number of carbonyl (C=O) groups excluding carboxylic acids is 3. The first kappa shape index (κ1) is 14.7. The smallest absolute Gasteiger partial charge is 0.268 e. The van der Waals surface area contributed by atoms with Gasteiger partial charge in [-0.1, -0.05) is 18.2 Å². The Morgan fingerprint density at radius 2 is 2.08 bits per heavy atom. The third-order valence-electron chi connectivity index (χ3n) is 4.86. The molecule has 1 aromatic heterocycles. The highest BCUT2D eigenvalue weighted by atomic mass is 16.2. The number of aromatic nitrogens is 1. The monoisotopic (exact) mass is 326 g/mol. The van der Waals surface area contributed by atoms with E-state index in [9.17, 15) is 14.4 Å². The highest BCUT2D eigenvalue weighted by Gasteiger charge is 2.42. The summed E-state index contributed by atoms with van der Waals surface area (Å²) in [6.07, 6.45) is 0.452. The van der Waals surface area contributed by atoms with Crippen molar-refractivity contribution in [3.8, 4) is 0 Å². The first-order valence-electron chi connectivity index (χ1n) is 7.97. The van der Waals surface area contributed by atoms with Gasteiger partial charge in [0, 0.05) is 30.5 Å². The first-order valence-corrected chi connectivity index (χ1v) is 7.97. The van der Waals surface area contributed by atoms with E-state index in [0.717, 1.165) is 10.9 Å². The summed E-state index contributed by atoms with van der Waals surface area (Å²) in [6.45, 7) is 0.422. The minimum absolute atomic E-state index is 0.0409. The molecule has 2 N–H and O–H groups in total. The number of hydrogen-bond acceptors (Lipinski definition) is 3. The highest BCUT2D eigenvalue weighted by molar-refractivity contribution is 5.99. The van der Waals surface area contributed by atoms with Crippen molar-refractivity contribution in [1.82, 2.24) is 20.1 Å². The Morgan fingerprint density at radius 1 is 1.29 bits per heavy atom. The molecule has 1 aromatic carbocycles. The number of rotatable bonds is 2. The van der Waals surface area contributed by atoms with Crippen molar-refractivity contribution in [3.05, 3.63) is 36.0 Å². The van der Waals surface area contributed by atoms with Gasteiger partial charge in [0.25, 0.3) is 5.91 Å². The summed E-state index contributed by atoms with van der Waals surface area (Å²) >= 11 is 0. The van der Waals surface area contributed by atoms with Gasteiger partial charge in [-0.05, 0) is 18.6 Å². The standard InChI is InChI=1S/C17H18N4O3/c1-20-12-5-3-2-4-10(12)6-13(20)17(24)19-11-7-14-16(23)18-8-15(22)21(14)9-11/h2-6,11,14H,7-9H2,1H3,(H,18,23)(H,19,24)/t11-,14-/m0/s1. The molecule has 0 bridgehead atoms. The zero-order valence-electron chi connectivity index (χ0n) is 13.3. The summed E-state index contributed by atoms with van der Waals surface area (Å²) in [5.74, 6) is -0.427. The van der Waals surface area contributed by atoms with Gasteiger partial charge >= 0.3 is 0 Å². The third-order valence-corrected chi connectivity index (χ3v) is 4.86. The van der Waals surface area contributed by atoms with Gasteiger partial charge in [-0.3, -0.25) is 14.4 Å². The van der Waals surface area contributed by atoms with Crippen LogP contribution in [-0.4, -0.2) is 52.4 Å². The van der Waals surface area contributed by atoms with Crippen molar-refractivity contribution in [2.75, 3.05) is 13.1 Å². The number of aryl methyl sites for hydroxylation is 1. The number of para-hydroxylation sites is 1. The van der Waals surface area contributed by atoms with E-state index in [-0.39, 0.29) is 30.3 Å². The Morgan fingerprint density at radius 3 is 2.83 bits per heavy atom. The minimum atomic E-state index is -0.468. The van der Waals surface area contributed by atoms with E-state index in [1.54, 1.807) is 4.90 Å². The summed E-state index contributed by atoms with van der Waals surface area (Å²) < 4.78 is 1.85. The molecule has 0 radical (unpaired) electrons. The predicted molar refractivity (Wildman–Crippen MR) is 87.3 cm³/mol. The van der Waals surface area contributed by atoms with Crippen LogP contribution in [-0.2, 0) is 16.6 Å². The summed E-state index contributed by atoms with van der Waals surface area (Å²) in [5, 5.41) is 6.55. The van der Waals surface area contributed by atoms with E-state index < -0.39 is 6.04 Å². The molecule has 7 nitrogen and oxygen atoms in total. The number of benzene rings is 1. The van der Waals surface area contributed by atoms with Gasteiger partial charge in [-0.15, -0.1) is 0 Å². The lowest BCUT2D eigenvalue weighted by atomic mass is 10.1. The Bertz CT molecular complexity index is 833. The Balaban J connectivity index is 1.53. The van der Waals surface area contributed by atoms with E-state index in [2.05, 4.69) is 10.6 Å². The molecule has 3 amide bonds. The Hall–Kier alpha value is -2.83. The fourth-order valence-corrected chi connectivity index (χ4v) is 3.61. The number of hydrogen-bond donors (Lipinski definition) is 2. The summed E-state index contributed by atoms with van der Waals surface area (Å²) in [5.41, 5.74) is 1.55. The third kappa shape index (κ3) is 2.24. The van der Waals surface area contributed by atoms with Crippen molar-refractivity contribution in [2.24, 2.45) is 7.05 Å². The van der Waals surface area contributed by atoms with E-state index in [1.807, 2.05) is 41.9 Å². The Labute approximate surface area is 138 Å². The fourth-order valence-electron chi connectivity index (χ4n) is 3.61. The second kappa shape index (κ2) is 5.36. The predicted octanol–water partition coefficient (Wildman–Crippen LogP) is 0.00740. The van der Waals surface area contributed by atoms with Crippen LogP contribution in [0.25, 0.3) is 10.9 Å². The molecule has 2 aromatic rings. The van der Waals surface area contributed by atoms with E-state index in [4.69, 9.17) is 0 Å². The van der Waals surface area contributed by atoms with Gasteiger partial charge < -0.3 is 20.1 Å². The lowest BCUT2D eigenvalue weighted by molar-refractivity contribution is -0.143. The lowest BCUT2D eigenvalue weighted by Gasteiger charge is -2.28. The Kier molecular flexibility index (Phi) is 3.30. The molecule has 124 valence electrons. The molecule has 2 fully saturated rings. The topological polar surface area (TPSA) is 83.4 Å². The number of nitrogens with one attached hydrogen (secondary N) is 2. The van der Waals surface area contributed by atoms with Gasteiger partial charge in [-0.2, -0.15) is 0 Å². The molecule has 24 heavy (non-hydrogen) atoms. The molecule has 3 heterocycles. The first-order chi connectivity index (χ1) is 11.5. The van der Waals surface area contributed by atoms with Gasteiger partial charge in [0.05, 0.1) is 6.54 Å². The summed E-state index contributed by atoms with van der Waals surface area (Å²) in [6, 6.07) is 8.96. The number of piperazine rings is 1. The fraction of sp³-hybridized carbons (Fsp3) is 0.353. The number of amides is 3. The average Bonchev–Trinajstić information content (AvgIpc) is 3.14. The van der Waals surface area contributed by atoms with Gasteiger partial charge in [-0.25, -0.2) is 0 Å². The second-order valence-corrected chi connectivity index (χ2v) is 6.33. The molecule has 2 saturated heterocycles. The minimum Gasteiger partial charge on any atom is -0.346 e. The molecular weight excluding hydrogens is 308 g/mol. The SMILES string of the molecule is Cn1c(C(=O)N[C@H]2C[C@H]3C(=O)NCC(=O)N3C2)cc2ccccc21. The average molecular weight is 326 g/mol. The van der Waals surface area contributed by atoms with Crippen LogP contribution >= 0.6 is 0 Å². The normalized spacial score (nSPS) is 23.3. The van der Waals surface area contributed by atoms with Crippen LogP contribution in [0, 0.1) is 0 Å². The van der Waals surface area contributed by atoms with Crippen molar-refractivity contribution in [1.29, 1.82) is 0 Å². The number of fused-ring (bicyclic) bond motifs is 2. The zero-order chi connectivity index (χ0) is 16.8. The van der Waals surface area contributed by atoms with E-state index >= 15 is 0 Å². The van der Waals surface area contributed by atoms with Crippen LogP contribution in [0.2, 0.25) is 0 Å². The molecule has 0 aliphatic carbocycles. The quantitative estimate of drug-likeness (QED) is 0.815. The largest absolute Gasteiger partial charge is 0.346 e. The summed E-state index contributed by atoms with van der Waals surface area (Å²) in [7, 11) is 1.85. The second-order valence-electron chi connectivity index (χ2n) is 6.33. The molecule has 2 atom stereocenters. The van der Waals surface area contributed by atoms with Crippen molar-refractivity contribution in [3.63, 3.8) is 0 Å². The molecule has 0 saturated carbocycles. The highest BCUT2D eigenvalue weighted by Crippen LogP contribution is 2.22. The molecule has 7 heteroatoms. The molecule has 2 aliphatic heterocycles.